The topological polar surface area (TPSA) is 66.5 Å². The van der Waals surface area contributed by atoms with Crippen molar-refractivity contribution in [1.29, 1.82) is 0 Å². The lowest BCUT2D eigenvalue weighted by Gasteiger charge is -2.26. The first-order valence-corrected chi connectivity index (χ1v) is 11.4. The van der Waals surface area contributed by atoms with E-state index in [1.54, 1.807) is 6.07 Å². The van der Waals surface area contributed by atoms with E-state index in [9.17, 15) is 13.2 Å². The third kappa shape index (κ3) is 4.59. The first-order valence-electron chi connectivity index (χ1n) is 9.59. The van der Waals surface area contributed by atoms with Crippen molar-refractivity contribution in [3.05, 3.63) is 28.8 Å². The van der Waals surface area contributed by atoms with E-state index >= 15 is 0 Å². The van der Waals surface area contributed by atoms with Crippen LogP contribution in [-0.2, 0) is 10.0 Å². The second-order valence-corrected chi connectivity index (χ2v) is 9.59. The standard InChI is InChI=1S/C19H27ClN2O3S/c20-17-11-10-15(19(23)21-16-8-4-1-2-5-9-16)14-18(17)26(24,25)22-12-6-3-7-13-22/h10-11,14,16H,1-9,12-13H2,(H,21,23). The number of nitrogens with zero attached hydrogens (tertiary/aromatic N) is 1. The molecule has 1 aliphatic carbocycles. The van der Waals surface area contributed by atoms with Gasteiger partial charge in [-0.3, -0.25) is 4.79 Å². The highest BCUT2D eigenvalue weighted by atomic mass is 35.5. The lowest BCUT2D eigenvalue weighted by Crippen LogP contribution is -2.36. The fourth-order valence-corrected chi connectivity index (χ4v) is 5.80. The van der Waals surface area contributed by atoms with Crippen molar-refractivity contribution in [2.75, 3.05) is 13.1 Å². The summed E-state index contributed by atoms with van der Waals surface area (Å²) in [6.45, 7) is 1.02. The molecule has 0 unspecified atom stereocenters. The fraction of sp³-hybridized carbons (Fsp3) is 0.632. The maximum atomic E-state index is 12.9. The Labute approximate surface area is 161 Å². The van der Waals surface area contributed by atoms with Crippen LogP contribution in [0.1, 0.15) is 68.1 Å². The number of sulfonamides is 1. The van der Waals surface area contributed by atoms with Gasteiger partial charge >= 0.3 is 0 Å². The molecule has 2 aliphatic rings. The highest BCUT2D eigenvalue weighted by molar-refractivity contribution is 7.89. The number of rotatable bonds is 4. The minimum atomic E-state index is -3.67. The molecule has 7 heteroatoms. The largest absolute Gasteiger partial charge is 0.349 e. The van der Waals surface area contributed by atoms with Crippen LogP contribution < -0.4 is 5.32 Å². The van der Waals surface area contributed by atoms with Gasteiger partial charge in [0.25, 0.3) is 5.91 Å². The van der Waals surface area contributed by atoms with E-state index in [1.165, 1.54) is 29.3 Å². The van der Waals surface area contributed by atoms with Gasteiger partial charge in [-0.1, -0.05) is 43.7 Å². The molecule has 5 nitrogen and oxygen atoms in total. The van der Waals surface area contributed by atoms with Gasteiger partial charge in [-0.15, -0.1) is 0 Å². The van der Waals surface area contributed by atoms with Gasteiger partial charge in [0, 0.05) is 24.7 Å². The summed E-state index contributed by atoms with van der Waals surface area (Å²) in [7, 11) is -3.67. The first-order chi connectivity index (χ1) is 12.5. The highest BCUT2D eigenvalue weighted by Crippen LogP contribution is 2.28. The van der Waals surface area contributed by atoms with Crippen LogP contribution in [-0.4, -0.2) is 37.8 Å². The van der Waals surface area contributed by atoms with E-state index in [1.807, 2.05) is 0 Å². The molecule has 2 fully saturated rings. The van der Waals surface area contributed by atoms with Crippen LogP contribution in [0.15, 0.2) is 23.1 Å². The van der Waals surface area contributed by atoms with Gasteiger partial charge in [-0.05, 0) is 43.9 Å². The molecule has 0 radical (unpaired) electrons. The van der Waals surface area contributed by atoms with Crippen LogP contribution in [0.25, 0.3) is 0 Å². The fourth-order valence-electron chi connectivity index (χ4n) is 3.78. The van der Waals surface area contributed by atoms with Gasteiger partial charge in [-0.25, -0.2) is 8.42 Å². The number of hydrogen-bond acceptors (Lipinski definition) is 3. The second kappa shape index (κ2) is 8.72. The van der Waals surface area contributed by atoms with Gasteiger partial charge in [0.2, 0.25) is 10.0 Å². The van der Waals surface area contributed by atoms with Crippen LogP contribution in [0.5, 0.6) is 0 Å². The van der Waals surface area contributed by atoms with Gasteiger partial charge in [0.1, 0.15) is 4.90 Å². The monoisotopic (exact) mass is 398 g/mol. The molecule has 1 amide bonds. The summed E-state index contributed by atoms with van der Waals surface area (Å²) >= 11 is 6.18. The summed E-state index contributed by atoms with van der Waals surface area (Å²) in [4.78, 5) is 12.7. The summed E-state index contributed by atoms with van der Waals surface area (Å²) in [5, 5.41) is 3.23. The third-order valence-corrected chi connectivity index (χ3v) is 7.70. The predicted molar refractivity (Wildman–Crippen MR) is 103 cm³/mol. The number of benzene rings is 1. The number of carbonyl (C=O) groups excluding carboxylic acids is 1. The van der Waals surface area contributed by atoms with E-state index in [2.05, 4.69) is 5.32 Å². The molecule has 1 N–H and O–H groups in total. The number of hydrogen-bond donors (Lipinski definition) is 1. The Kier molecular flexibility index (Phi) is 6.59. The lowest BCUT2D eigenvalue weighted by molar-refractivity contribution is 0.0933. The molecule has 1 aromatic carbocycles. The zero-order valence-electron chi connectivity index (χ0n) is 15.0. The molecule has 1 aromatic rings. The Morgan fingerprint density at radius 1 is 1.00 bits per heavy atom. The molecular formula is C19H27ClN2O3S. The number of nitrogens with one attached hydrogen (secondary N) is 1. The van der Waals surface area contributed by atoms with Gasteiger partial charge in [0.05, 0.1) is 5.02 Å². The maximum Gasteiger partial charge on any atom is 0.251 e. The molecule has 0 spiro atoms. The zero-order chi connectivity index (χ0) is 18.6. The highest BCUT2D eigenvalue weighted by Gasteiger charge is 2.29. The number of carbonyl (C=O) groups is 1. The molecule has 0 atom stereocenters. The van der Waals surface area contributed by atoms with Crippen molar-refractivity contribution in [1.82, 2.24) is 9.62 Å². The van der Waals surface area contributed by atoms with Crippen molar-refractivity contribution < 1.29 is 13.2 Å². The van der Waals surface area contributed by atoms with E-state index in [0.717, 1.165) is 44.9 Å². The second-order valence-electron chi connectivity index (χ2n) is 7.27. The van der Waals surface area contributed by atoms with Crippen molar-refractivity contribution in [3.63, 3.8) is 0 Å². The van der Waals surface area contributed by atoms with E-state index in [-0.39, 0.29) is 21.9 Å². The van der Waals surface area contributed by atoms with Gasteiger partial charge < -0.3 is 5.32 Å². The molecule has 1 heterocycles. The molecule has 1 aliphatic heterocycles. The number of amides is 1. The van der Waals surface area contributed by atoms with Crippen LogP contribution in [0.2, 0.25) is 5.02 Å². The predicted octanol–water partition coefficient (Wildman–Crippen LogP) is 3.97. The summed E-state index contributed by atoms with van der Waals surface area (Å²) < 4.78 is 27.3. The Morgan fingerprint density at radius 3 is 2.27 bits per heavy atom. The molecule has 1 saturated carbocycles. The maximum absolute atomic E-state index is 12.9. The summed E-state index contributed by atoms with van der Waals surface area (Å²) in [6.07, 6.45) is 9.41. The Balaban J connectivity index is 1.79. The van der Waals surface area contributed by atoms with Crippen LogP contribution >= 0.6 is 11.6 Å². The number of piperidine rings is 1. The molecule has 144 valence electrons. The Morgan fingerprint density at radius 2 is 1.62 bits per heavy atom. The summed E-state index contributed by atoms with van der Waals surface area (Å²) in [5.74, 6) is -0.219. The van der Waals surface area contributed by atoms with E-state index in [4.69, 9.17) is 11.6 Å². The summed E-state index contributed by atoms with van der Waals surface area (Å²) in [6, 6.07) is 4.71. The van der Waals surface area contributed by atoms with Crippen molar-refractivity contribution in [2.24, 2.45) is 0 Å². The van der Waals surface area contributed by atoms with E-state index < -0.39 is 10.0 Å². The number of halogens is 1. The molecule has 1 saturated heterocycles. The summed E-state index contributed by atoms with van der Waals surface area (Å²) in [5.41, 5.74) is 0.356. The molecule has 0 aromatic heterocycles. The Bertz CT molecular complexity index is 737. The molecule has 3 rings (SSSR count). The minimum absolute atomic E-state index is 0.0367. The average molecular weight is 399 g/mol. The van der Waals surface area contributed by atoms with Crippen molar-refractivity contribution >= 4 is 27.5 Å². The minimum Gasteiger partial charge on any atom is -0.349 e. The SMILES string of the molecule is O=C(NC1CCCCCC1)c1ccc(Cl)c(S(=O)(=O)N2CCCCC2)c1. The first kappa shape index (κ1) is 19.6. The molecule has 0 bridgehead atoms. The third-order valence-electron chi connectivity index (χ3n) is 5.32. The molecule has 26 heavy (non-hydrogen) atoms. The molecular weight excluding hydrogens is 372 g/mol. The quantitative estimate of drug-likeness (QED) is 0.780. The van der Waals surface area contributed by atoms with E-state index in [0.29, 0.717) is 18.7 Å². The van der Waals surface area contributed by atoms with Crippen LogP contribution in [0.4, 0.5) is 0 Å². The van der Waals surface area contributed by atoms with Crippen molar-refractivity contribution in [2.45, 2.75) is 68.7 Å². The van der Waals surface area contributed by atoms with Crippen LogP contribution in [0.3, 0.4) is 0 Å². The zero-order valence-corrected chi connectivity index (χ0v) is 16.6. The Hall–Kier alpha value is -1.11. The van der Waals surface area contributed by atoms with Gasteiger partial charge in [0.15, 0.2) is 0 Å². The smallest absolute Gasteiger partial charge is 0.251 e. The lowest BCUT2D eigenvalue weighted by atomic mass is 10.1. The van der Waals surface area contributed by atoms with Crippen molar-refractivity contribution in [3.8, 4) is 0 Å². The average Bonchev–Trinajstić information content (AvgIpc) is 2.91. The normalized spacial score (nSPS) is 20.5. The van der Waals surface area contributed by atoms with Gasteiger partial charge in [-0.2, -0.15) is 4.31 Å². The van der Waals surface area contributed by atoms with Crippen LogP contribution in [0, 0.1) is 0 Å².